The van der Waals surface area contributed by atoms with Gasteiger partial charge in [0.25, 0.3) is 0 Å². The third-order valence-electron chi connectivity index (χ3n) is 6.68. The molecule has 29 heavy (non-hydrogen) atoms. The monoisotopic (exact) mass is 400 g/mol. The Kier molecular flexibility index (Phi) is 11.6. The molecule has 1 aliphatic rings. The smallest absolute Gasteiger partial charge is 0.0279 e. The van der Waals surface area contributed by atoms with Crippen LogP contribution in [0, 0.1) is 23.7 Å². The molecule has 0 aromatic carbocycles. The zero-order chi connectivity index (χ0) is 22.0. The molecule has 3 N–H and O–H groups in total. The Bertz CT molecular complexity index is 565. The molecule has 1 aliphatic carbocycles. The van der Waals surface area contributed by atoms with E-state index in [2.05, 4.69) is 72.2 Å². The predicted octanol–water partition coefficient (Wildman–Crippen LogP) is 7.15. The Balaban J connectivity index is 2.75. The summed E-state index contributed by atoms with van der Waals surface area (Å²) in [4.78, 5) is 0. The average Bonchev–Trinajstić information content (AvgIpc) is 2.79. The van der Waals surface area contributed by atoms with E-state index in [0.29, 0.717) is 23.9 Å². The molecule has 166 valence electrons. The SMILES string of the molecule is C=CC1C=C(CC(C)C(C)NC(CC(CCC)CCC)C(=C)C)CC(C)C(N)=C1. The van der Waals surface area contributed by atoms with E-state index in [1.165, 1.54) is 43.3 Å². The van der Waals surface area contributed by atoms with Crippen LogP contribution in [0.3, 0.4) is 0 Å². The molecule has 5 atom stereocenters. The van der Waals surface area contributed by atoms with Crippen molar-refractivity contribution in [2.24, 2.45) is 29.4 Å². The molecule has 0 heterocycles. The molecule has 2 nitrogen and oxygen atoms in total. The van der Waals surface area contributed by atoms with Crippen LogP contribution in [-0.4, -0.2) is 12.1 Å². The Labute approximate surface area is 181 Å². The Morgan fingerprint density at radius 1 is 1.24 bits per heavy atom. The number of allylic oxidation sites excluding steroid dienone is 5. The molecule has 0 radical (unpaired) electrons. The Morgan fingerprint density at radius 2 is 1.86 bits per heavy atom. The van der Waals surface area contributed by atoms with Gasteiger partial charge in [-0.3, -0.25) is 0 Å². The summed E-state index contributed by atoms with van der Waals surface area (Å²) >= 11 is 0. The summed E-state index contributed by atoms with van der Waals surface area (Å²) in [7, 11) is 0. The van der Waals surface area contributed by atoms with Crippen molar-refractivity contribution in [1.82, 2.24) is 5.32 Å². The van der Waals surface area contributed by atoms with Gasteiger partial charge in [-0.05, 0) is 50.9 Å². The van der Waals surface area contributed by atoms with E-state index in [4.69, 9.17) is 5.73 Å². The Morgan fingerprint density at radius 3 is 2.38 bits per heavy atom. The Hall–Kier alpha value is -1.28. The standard InChI is InChI=1S/C27H48N2/c1-9-12-24(13-10-2)18-27(19(4)5)29-22(8)20(6)14-25-15-21(7)26(28)17-23(11-3)16-25/h11,16-17,20-24,27,29H,3-4,9-10,12-15,18,28H2,1-2,5-8H3. The third kappa shape index (κ3) is 8.95. The van der Waals surface area contributed by atoms with Gasteiger partial charge in [0.1, 0.15) is 0 Å². The number of nitrogens with two attached hydrogens (primary N) is 1. The fourth-order valence-electron chi connectivity index (χ4n) is 4.59. The molecule has 0 aromatic heterocycles. The van der Waals surface area contributed by atoms with Crippen molar-refractivity contribution >= 4 is 0 Å². The van der Waals surface area contributed by atoms with Gasteiger partial charge in [-0.2, -0.15) is 0 Å². The summed E-state index contributed by atoms with van der Waals surface area (Å²) in [5.41, 5.74) is 10.0. The van der Waals surface area contributed by atoms with Crippen molar-refractivity contribution in [3.05, 3.63) is 48.2 Å². The third-order valence-corrected chi connectivity index (χ3v) is 6.68. The van der Waals surface area contributed by atoms with Crippen LogP contribution in [-0.2, 0) is 0 Å². The molecule has 0 saturated heterocycles. The minimum Gasteiger partial charge on any atom is -0.402 e. The van der Waals surface area contributed by atoms with E-state index in [1.807, 2.05) is 6.08 Å². The molecule has 0 aliphatic heterocycles. The van der Waals surface area contributed by atoms with E-state index in [1.54, 1.807) is 0 Å². The van der Waals surface area contributed by atoms with Crippen molar-refractivity contribution in [1.29, 1.82) is 0 Å². The largest absolute Gasteiger partial charge is 0.402 e. The van der Waals surface area contributed by atoms with Crippen LogP contribution < -0.4 is 11.1 Å². The highest BCUT2D eigenvalue weighted by molar-refractivity contribution is 5.23. The topological polar surface area (TPSA) is 38.0 Å². The zero-order valence-corrected chi connectivity index (χ0v) is 20.1. The molecular weight excluding hydrogens is 352 g/mol. The first kappa shape index (κ1) is 25.8. The van der Waals surface area contributed by atoms with Gasteiger partial charge in [0.2, 0.25) is 0 Å². The van der Waals surface area contributed by atoms with Gasteiger partial charge < -0.3 is 11.1 Å². The van der Waals surface area contributed by atoms with Gasteiger partial charge >= 0.3 is 0 Å². The van der Waals surface area contributed by atoms with Gasteiger partial charge in [-0.15, -0.1) is 6.58 Å². The first-order chi connectivity index (χ1) is 13.7. The van der Waals surface area contributed by atoms with E-state index in [9.17, 15) is 0 Å². The summed E-state index contributed by atoms with van der Waals surface area (Å²) in [5.74, 6) is 2.04. The van der Waals surface area contributed by atoms with Gasteiger partial charge in [0.15, 0.2) is 0 Å². The maximum Gasteiger partial charge on any atom is 0.0279 e. The average molecular weight is 401 g/mol. The molecule has 0 amide bonds. The lowest BCUT2D eigenvalue weighted by Gasteiger charge is -2.31. The van der Waals surface area contributed by atoms with Crippen molar-refractivity contribution in [3.8, 4) is 0 Å². The minimum atomic E-state index is 0.262. The van der Waals surface area contributed by atoms with Crippen LogP contribution >= 0.6 is 0 Å². The normalized spacial score (nSPS) is 23.0. The van der Waals surface area contributed by atoms with E-state index in [0.717, 1.165) is 24.5 Å². The predicted molar refractivity (Wildman–Crippen MR) is 131 cm³/mol. The number of nitrogens with one attached hydrogen (secondary N) is 1. The lowest BCUT2D eigenvalue weighted by Crippen LogP contribution is -2.42. The van der Waals surface area contributed by atoms with Crippen LogP contribution in [0.25, 0.3) is 0 Å². The van der Waals surface area contributed by atoms with Crippen molar-refractivity contribution in [2.75, 3.05) is 0 Å². The van der Waals surface area contributed by atoms with Crippen LogP contribution in [0.2, 0.25) is 0 Å². The molecular formula is C27H48N2. The van der Waals surface area contributed by atoms with Crippen LogP contribution in [0.4, 0.5) is 0 Å². The van der Waals surface area contributed by atoms with E-state index in [-0.39, 0.29) is 5.92 Å². The second-order valence-electron chi connectivity index (χ2n) is 9.62. The van der Waals surface area contributed by atoms with E-state index >= 15 is 0 Å². The van der Waals surface area contributed by atoms with Gasteiger partial charge in [-0.1, -0.05) is 89.3 Å². The molecule has 1 rings (SSSR count). The summed E-state index contributed by atoms with van der Waals surface area (Å²) in [6.45, 7) is 22.0. The molecule has 0 saturated carbocycles. The zero-order valence-electron chi connectivity index (χ0n) is 20.1. The highest BCUT2D eigenvalue weighted by Crippen LogP contribution is 2.30. The van der Waals surface area contributed by atoms with E-state index < -0.39 is 0 Å². The molecule has 0 spiro atoms. The minimum absolute atomic E-state index is 0.262. The summed E-state index contributed by atoms with van der Waals surface area (Å²) < 4.78 is 0. The summed E-state index contributed by atoms with van der Waals surface area (Å²) in [6, 6.07) is 0.864. The number of hydrogen-bond acceptors (Lipinski definition) is 2. The highest BCUT2D eigenvalue weighted by Gasteiger charge is 2.23. The molecule has 2 heteroatoms. The molecule has 0 bridgehead atoms. The van der Waals surface area contributed by atoms with Crippen LogP contribution in [0.15, 0.2) is 48.2 Å². The first-order valence-electron chi connectivity index (χ1n) is 11.9. The van der Waals surface area contributed by atoms with Gasteiger partial charge in [0.05, 0.1) is 0 Å². The number of hydrogen-bond donors (Lipinski definition) is 2. The molecule has 0 fully saturated rings. The quantitative estimate of drug-likeness (QED) is 0.322. The maximum absolute atomic E-state index is 6.25. The molecule has 0 aromatic rings. The van der Waals surface area contributed by atoms with Crippen LogP contribution in [0.5, 0.6) is 0 Å². The lowest BCUT2D eigenvalue weighted by molar-refractivity contribution is 0.312. The fourth-order valence-corrected chi connectivity index (χ4v) is 4.59. The van der Waals surface area contributed by atoms with Crippen molar-refractivity contribution in [2.45, 2.75) is 98.6 Å². The highest BCUT2D eigenvalue weighted by atomic mass is 15.0. The fraction of sp³-hybridized carbons (Fsp3) is 0.704. The summed E-state index contributed by atoms with van der Waals surface area (Å²) in [6.07, 6.45) is 15.1. The molecule has 5 unspecified atom stereocenters. The lowest BCUT2D eigenvalue weighted by atomic mass is 9.86. The summed E-state index contributed by atoms with van der Waals surface area (Å²) in [5, 5.41) is 3.93. The second-order valence-corrected chi connectivity index (χ2v) is 9.62. The maximum atomic E-state index is 6.25. The number of rotatable bonds is 13. The van der Waals surface area contributed by atoms with Crippen molar-refractivity contribution in [3.63, 3.8) is 0 Å². The van der Waals surface area contributed by atoms with Gasteiger partial charge in [0, 0.05) is 23.7 Å². The second kappa shape index (κ2) is 13.1. The van der Waals surface area contributed by atoms with Crippen LogP contribution in [0.1, 0.15) is 86.5 Å². The van der Waals surface area contributed by atoms with Gasteiger partial charge in [-0.25, -0.2) is 0 Å². The first-order valence-corrected chi connectivity index (χ1v) is 11.9. The van der Waals surface area contributed by atoms with Crippen molar-refractivity contribution < 1.29 is 0 Å².